The number of amides is 5. The van der Waals surface area contributed by atoms with Gasteiger partial charge >= 0.3 is 0 Å². The van der Waals surface area contributed by atoms with Gasteiger partial charge in [-0.1, -0.05) is 18.2 Å². The lowest BCUT2D eigenvalue weighted by molar-refractivity contribution is -0.136. The van der Waals surface area contributed by atoms with Crippen molar-refractivity contribution in [2.75, 3.05) is 74.3 Å². The fourth-order valence-corrected chi connectivity index (χ4v) is 7.87. The lowest BCUT2D eigenvalue weighted by Gasteiger charge is -2.39. The van der Waals surface area contributed by atoms with Crippen molar-refractivity contribution in [3.05, 3.63) is 88.7 Å². The molecule has 1 atom stereocenters. The van der Waals surface area contributed by atoms with Crippen molar-refractivity contribution < 1.29 is 57.2 Å². The normalized spacial score (nSPS) is 23.9. The number of hydrogen-bond donors (Lipinski definition) is 3. The van der Waals surface area contributed by atoms with Gasteiger partial charge in [-0.2, -0.15) is 0 Å². The minimum atomic E-state index is -3.91. The van der Waals surface area contributed by atoms with E-state index >= 15 is 13.2 Å². The molecular weight excluding hydrogens is 850 g/mol. The van der Waals surface area contributed by atoms with Crippen LogP contribution in [0, 0.1) is 29.2 Å². The van der Waals surface area contributed by atoms with Gasteiger partial charge in [0.2, 0.25) is 17.7 Å². The third kappa shape index (κ3) is 8.90. The fraction of sp³-hybridized carbons (Fsp3) is 0.372. The summed E-state index contributed by atoms with van der Waals surface area (Å²) in [7, 11) is 0. The van der Waals surface area contributed by atoms with Crippen LogP contribution in [0.5, 0.6) is 5.75 Å². The minimum Gasteiger partial charge on any atom is -0.491 e. The summed E-state index contributed by atoms with van der Waals surface area (Å²) in [6.07, 6.45) is 2.58. The first-order valence-corrected chi connectivity index (χ1v) is 20.0. The zero-order valence-corrected chi connectivity index (χ0v) is 33.8. The smallest absolute Gasteiger partial charge is 0.265 e. The molecule has 8 rings (SSSR count). The van der Waals surface area contributed by atoms with Crippen molar-refractivity contribution in [1.82, 2.24) is 30.0 Å². The largest absolute Gasteiger partial charge is 0.491 e. The van der Waals surface area contributed by atoms with Crippen molar-refractivity contribution in [3.63, 3.8) is 0 Å². The third-order valence-electron chi connectivity index (χ3n) is 10.9. The molecule has 4 aromatic rings. The number of nitrogens with zero attached hydrogens (tertiary/aromatic N) is 6. The van der Waals surface area contributed by atoms with E-state index in [1.165, 1.54) is 24.5 Å². The van der Waals surface area contributed by atoms with Crippen LogP contribution in [0.1, 0.15) is 63.8 Å². The molecule has 3 aromatic carbocycles. The zero-order valence-electron chi connectivity index (χ0n) is 41.0. The summed E-state index contributed by atoms with van der Waals surface area (Å²) in [6.45, 7) is -10.7. The number of nitrogens with one attached hydrogen (secondary N) is 3. The maximum absolute atomic E-state index is 16.6. The molecule has 330 valence electrons. The van der Waals surface area contributed by atoms with Crippen LogP contribution in [-0.2, 0) is 14.4 Å². The van der Waals surface area contributed by atoms with Gasteiger partial charge in [-0.3, -0.25) is 39.1 Å². The van der Waals surface area contributed by atoms with Crippen molar-refractivity contribution in [3.8, 4) is 5.75 Å². The molecule has 0 saturated carbocycles. The van der Waals surface area contributed by atoms with Crippen molar-refractivity contribution in [2.24, 2.45) is 5.92 Å². The van der Waals surface area contributed by atoms with Gasteiger partial charge in [0.05, 0.1) is 39.4 Å². The quantitative estimate of drug-likeness (QED) is 0.0514. The number of piperidine rings is 2. The van der Waals surface area contributed by atoms with Gasteiger partial charge in [-0.15, -0.1) is 0 Å². The van der Waals surface area contributed by atoms with Gasteiger partial charge in [-0.25, -0.2) is 27.5 Å². The number of aromatic nitrogens is 2. The number of benzene rings is 3. The molecular formula is C43H42ClF4N9O6. The Morgan fingerprint density at radius 3 is 2.38 bits per heavy atom. The number of anilines is 4. The summed E-state index contributed by atoms with van der Waals surface area (Å²) in [5.41, 5.74) is -3.89. The highest BCUT2D eigenvalue weighted by Gasteiger charge is 2.49. The summed E-state index contributed by atoms with van der Waals surface area (Å²) in [6, 6.07) is 5.48. The van der Waals surface area contributed by atoms with Gasteiger partial charge in [0.15, 0.2) is 17.5 Å². The van der Waals surface area contributed by atoms with E-state index in [0.29, 0.717) is 61.3 Å². The molecule has 3 saturated heterocycles. The number of halogens is 5. The van der Waals surface area contributed by atoms with Crippen molar-refractivity contribution in [2.45, 2.75) is 38.1 Å². The number of imide groups is 2. The number of hydrogen-bond acceptors (Lipinski definition) is 12. The molecule has 5 amide bonds. The Kier molecular flexibility index (Phi) is 9.95. The summed E-state index contributed by atoms with van der Waals surface area (Å²) in [5.74, 6) is -13.3. The van der Waals surface area contributed by atoms with Crippen LogP contribution >= 0.6 is 11.6 Å². The van der Waals surface area contributed by atoms with Crippen LogP contribution in [0.4, 0.5) is 40.4 Å². The number of likely N-dealkylation sites (tertiary alicyclic amines) is 1. The molecule has 20 heteroatoms. The highest BCUT2D eigenvalue weighted by atomic mass is 35.5. The van der Waals surface area contributed by atoms with Gasteiger partial charge in [0.1, 0.15) is 35.4 Å². The highest BCUT2D eigenvalue weighted by Crippen LogP contribution is 2.39. The summed E-state index contributed by atoms with van der Waals surface area (Å²) in [5, 5.41) is 8.02. The molecule has 1 aromatic heterocycles. The molecule has 3 N–H and O–H groups in total. The van der Waals surface area contributed by atoms with Gasteiger partial charge in [0, 0.05) is 68.1 Å². The standard InChI is InChI=1S/C43H42ClF4N9O6/c1-2-32(58)52-29-19-25-28(49-22-50-40(25)51-24-4-5-27(45)26(44)18-24)20-31(29)63-17-3-10-54-11-8-23(9-12-54)21-55-13-15-56(16-14-55)39-37(47)35-34(36(46)38(39)48)42(61)57(43(35)62)30-6-7-33(59)53-41(30)60/h2,4-5,18-20,22-23,30H,1,3,6-17,21H2,(H,52,58)(H,49,50,51)(H,53,59,60)/i13D2,14D2,15D2,16D2. The van der Waals surface area contributed by atoms with E-state index in [9.17, 15) is 28.4 Å². The second-order valence-electron chi connectivity index (χ2n) is 14.9. The van der Waals surface area contributed by atoms with E-state index in [1.807, 2.05) is 10.2 Å². The minimum absolute atomic E-state index is 0.0947. The van der Waals surface area contributed by atoms with E-state index in [2.05, 4.69) is 27.2 Å². The number of rotatable bonds is 13. The van der Waals surface area contributed by atoms with Crippen LogP contribution in [0.3, 0.4) is 0 Å². The molecule has 0 bridgehead atoms. The predicted octanol–water partition coefficient (Wildman–Crippen LogP) is 5.41. The monoisotopic (exact) mass is 899 g/mol. The molecule has 4 aliphatic rings. The summed E-state index contributed by atoms with van der Waals surface area (Å²) >= 11 is 5.95. The van der Waals surface area contributed by atoms with E-state index < -0.39 is 125 Å². The second kappa shape index (κ2) is 18.3. The SMILES string of the molecule is [2H]C1([2H])N(CC2CCN(CCCOc3cc4ncnc(Nc5ccc(F)c(Cl)c5)c4cc3NC(=O)C=C)CC2)C([2H])([2H])C([2H])([2H])N(c2c(F)c(F)c3c(c2F)C(=O)N(C2CCC(=O)NC2=O)C3=O)C1([2H])[2H]. The van der Waals surface area contributed by atoms with E-state index in [0.717, 1.165) is 6.08 Å². The third-order valence-corrected chi connectivity index (χ3v) is 11.2. The summed E-state index contributed by atoms with van der Waals surface area (Å²) < 4.78 is 139. The maximum Gasteiger partial charge on any atom is 0.265 e. The first-order chi connectivity index (χ1) is 33.3. The van der Waals surface area contributed by atoms with Gasteiger partial charge in [-0.05, 0) is 75.0 Å². The summed E-state index contributed by atoms with van der Waals surface area (Å²) in [4.78, 5) is 73.9. The lowest BCUT2D eigenvalue weighted by atomic mass is 9.95. The molecule has 4 aliphatic heterocycles. The van der Waals surface area contributed by atoms with Crippen LogP contribution in [-0.4, -0.2) is 119 Å². The number of piperazine rings is 1. The molecule has 0 spiro atoms. The van der Waals surface area contributed by atoms with Crippen LogP contribution < -0.4 is 25.6 Å². The molecule has 1 unspecified atom stereocenters. The Labute approximate surface area is 374 Å². The van der Waals surface area contributed by atoms with Crippen molar-refractivity contribution in [1.29, 1.82) is 0 Å². The Morgan fingerprint density at radius 1 is 0.952 bits per heavy atom. The predicted molar refractivity (Wildman–Crippen MR) is 224 cm³/mol. The molecule has 15 nitrogen and oxygen atoms in total. The first-order valence-electron chi connectivity index (χ1n) is 23.6. The van der Waals surface area contributed by atoms with E-state index in [-0.39, 0.29) is 39.3 Å². The molecule has 63 heavy (non-hydrogen) atoms. The van der Waals surface area contributed by atoms with E-state index in [4.69, 9.17) is 27.3 Å². The molecule has 0 radical (unpaired) electrons. The zero-order chi connectivity index (χ0) is 51.7. The Hall–Kier alpha value is -6.18. The second-order valence-corrected chi connectivity index (χ2v) is 15.3. The van der Waals surface area contributed by atoms with Crippen LogP contribution in [0.2, 0.25) is 5.02 Å². The van der Waals surface area contributed by atoms with Crippen molar-refractivity contribution >= 4 is 74.9 Å². The fourth-order valence-electron chi connectivity index (χ4n) is 7.69. The van der Waals surface area contributed by atoms with E-state index in [1.54, 1.807) is 12.1 Å². The molecule has 0 aliphatic carbocycles. The van der Waals surface area contributed by atoms with Gasteiger partial charge < -0.3 is 25.2 Å². The van der Waals surface area contributed by atoms with Crippen LogP contribution in [0.25, 0.3) is 10.9 Å². The highest BCUT2D eigenvalue weighted by molar-refractivity contribution is 6.31. The Morgan fingerprint density at radius 2 is 1.68 bits per heavy atom. The number of carbonyl (C=O) groups excluding carboxylic acids is 5. The lowest BCUT2D eigenvalue weighted by Crippen LogP contribution is -2.54. The average molecular weight is 900 g/mol. The van der Waals surface area contributed by atoms with Crippen LogP contribution in [0.15, 0.2) is 49.3 Å². The number of carbonyl (C=O) groups is 5. The first kappa shape index (κ1) is 34.3. The Bertz CT molecular complexity index is 2890. The maximum atomic E-state index is 16.6. The molecule has 5 heterocycles. The molecule has 3 fully saturated rings. The topological polar surface area (TPSA) is 169 Å². The number of ether oxygens (including phenoxy) is 1. The number of fused-ring (bicyclic) bond motifs is 2. The average Bonchev–Trinajstić information content (AvgIpc) is 3.57. The van der Waals surface area contributed by atoms with Gasteiger partial charge in [0.25, 0.3) is 11.8 Å². The Balaban J connectivity index is 0.936.